The first-order valence-electron chi connectivity index (χ1n) is 6.27. The molecular formula is C14H23N3O. The van der Waals surface area contributed by atoms with Crippen molar-refractivity contribution >= 4 is 17.3 Å². The third kappa shape index (κ3) is 3.39. The number of nitrogen functional groups attached to an aromatic ring is 1. The molecule has 100 valence electrons. The van der Waals surface area contributed by atoms with E-state index in [1.165, 1.54) is 0 Å². The number of anilines is 2. The number of nitrogens with zero attached hydrogens (tertiary/aromatic N) is 2. The van der Waals surface area contributed by atoms with Crippen LogP contribution in [0.15, 0.2) is 18.2 Å². The van der Waals surface area contributed by atoms with Crippen LogP contribution in [0.4, 0.5) is 11.4 Å². The SMILES string of the molecule is CCCN(CC(=O)N(C)C)c1c(C)cccc1N. The van der Waals surface area contributed by atoms with E-state index in [9.17, 15) is 4.79 Å². The lowest BCUT2D eigenvalue weighted by molar-refractivity contribution is -0.127. The maximum absolute atomic E-state index is 11.9. The molecular weight excluding hydrogens is 226 g/mol. The number of aryl methyl sites for hydroxylation is 1. The zero-order valence-electron chi connectivity index (χ0n) is 11.7. The summed E-state index contributed by atoms with van der Waals surface area (Å²) in [5.74, 6) is 0.0890. The minimum atomic E-state index is 0.0890. The summed E-state index contributed by atoms with van der Waals surface area (Å²) in [4.78, 5) is 15.5. The number of nitrogens with two attached hydrogens (primary N) is 1. The van der Waals surface area contributed by atoms with Crippen molar-refractivity contribution in [2.75, 3.05) is 37.8 Å². The summed E-state index contributed by atoms with van der Waals surface area (Å²) in [5, 5.41) is 0. The predicted octanol–water partition coefficient (Wildman–Crippen LogP) is 1.88. The van der Waals surface area contributed by atoms with E-state index in [4.69, 9.17) is 5.73 Å². The number of hydrogen-bond donors (Lipinski definition) is 1. The Balaban J connectivity index is 3.01. The Hall–Kier alpha value is -1.71. The van der Waals surface area contributed by atoms with E-state index in [0.29, 0.717) is 6.54 Å². The topological polar surface area (TPSA) is 49.6 Å². The molecule has 4 heteroatoms. The van der Waals surface area contributed by atoms with Gasteiger partial charge in [-0.05, 0) is 25.0 Å². The monoisotopic (exact) mass is 249 g/mol. The fraction of sp³-hybridized carbons (Fsp3) is 0.500. The van der Waals surface area contributed by atoms with Crippen molar-refractivity contribution in [2.24, 2.45) is 0 Å². The fourth-order valence-corrected chi connectivity index (χ4v) is 1.96. The van der Waals surface area contributed by atoms with E-state index in [1.54, 1.807) is 19.0 Å². The molecule has 0 atom stereocenters. The summed E-state index contributed by atoms with van der Waals surface area (Å²) in [6.45, 7) is 5.32. The van der Waals surface area contributed by atoms with Gasteiger partial charge in [0.25, 0.3) is 0 Å². The normalized spacial score (nSPS) is 10.2. The number of carbonyl (C=O) groups excluding carboxylic acids is 1. The maximum Gasteiger partial charge on any atom is 0.241 e. The molecule has 0 radical (unpaired) electrons. The van der Waals surface area contributed by atoms with Gasteiger partial charge >= 0.3 is 0 Å². The second-order valence-corrected chi connectivity index (χ2v) is 4.72. The highest BCUT2D eigenvalue weighted by Crippen LogP contribution is 2.27. The third-order valence-corrected chi connectivity index (χ3v) is 2.90. The fourth-order valence-electron chi connectivity index (χ4n) is 1.96. The molecule has 0 aliphatic rings. The van der Waals surface area contributed by atoms with Crippen LogP contribution < -0.4 is 10.6 Å². The number of likely N-dealkylation sites (N-methyl/N-ethyl adjacent to an activating group) is 1. The van der Waals surface area contributed by atoms with Crippen LogP contribution in [0.25, 0.3) is 0 Å². The molecule has 0 aliphatic heterocycles. The molecule has 1 amide bonds. The quantitative estimate of drug-likeness (QED) is 0.811. The van der Waals surface area contributed by atoms with Crippen LogP contribution in [0.3, 0.4) is 0 Å². The van der Waals surface area contributed by atoms with Crippen LogP contribution in [-0.2, 0) is 4.79 Å². The highest BCUT2D eigenvalue weighted by molar-refractivity contribution is 5.83. The molecule has 0 aliphatic carbocycles. The number of hydrogen-bond acceptors (Lipinski definition) is 3. The summed E-state index contributed by atoms with van der Waals surface area (Å²) >= 11 is 0. The Kier molecular flexibility index (Phi) is 5.01. The van der Waals surface area contributed by atoms with Crippen LogP contribution in [0.2, 0.25) is 0 Å². The van der Waals surface area contributed by atoms with Gasteiger partial charge in [0.05, 0.1) is 17.9 Å². The first kappa shape index (κ1) is 14.4. The zero-order chi connectivity index (χ0) is 13.7. The Morgan fingerprint density at radius 1 is 1.33 bits per heavy atom. The third-order valence-electron chi connectivity index (χ3n) is 2.90. The molecule has 2 N–H and O–H groups in total. The van der Waals surface area contributed by atoms with Gasteiger partial charge in [0.15, 0.2) is 0 Å². The summed E-state index contributed by atoms with van der Waals surface area (Å²) < 4.78 is 0. The number of rotatable bonds is 5. The van der Waals surface area contributed by atoms with Gasteiger partial charge in [-0.3, -0.25) is 4.79 Å². The minimum Gasteiger partial charge on any atom is -0.397 e. The largest absolute Gasteiger partial charge is 0.397 e. The van der Waals surface area contributed by atoms with Gasteiger partial charge in [0.1, 0.15) is 0 Å². The molecule has 0 saturated heterocycles. The Bertz CT molecular complexity index is 395. The Morgan fingerprint density at radius 2 is 2.00 bits per heavy atom. The van der Waals surface area contributed by atoms with E-state index < -0.39 is 0 Å². The maximum atomic E-state index is 11.9. The van der Waals surface area contributed by atoms with Crippen molar-refractivity contribution in [1.29, 1.82) is 0 Å². The van der Waals surface area contributed by atoms with Crippen molar-refractivity contribution in [3.8, 4) is 0 Å². The molecule has 1 rings (SSSR count). The minimum absolute atomic E-state index is 0.0890. The first-order chi connectivity index (χ1) is 8.47. The van der Waals surface area contributed by atoms with Crippen LogP contribution in [0, 0.1) is 6.92 Å². The van der Waals surface area contributed by atoms with Crippen molar-refractivity contribution in [2.45, 2.75) is 20.3 Å². The molecule has 0 aromatic heterocycles. The molecule has 0 heterocycles. The number of para-hydroxylation sites is 1. The second-order valence-electron chi connectivity index (χ2n) is 4.72. The Labute approximate surface area is 109 Å². The molecule has 18 heavy (non-hydrogen) atoms. The van der Waals surface area contributed by atoms with E-state index >= 15 is 0 Å². The molecule has 0 saturated carbocycles. The van der Waals surface area contributed by atoms with E-state index in [-0.39, 0.29) is 5.91 Å². The smallest absolute Gasteiger partial charge is 0.241 e. The standard InChI is InChI=1S/C14H23N3O/c1-5-9-17(10-13(18)16(3)4)14-11(2)7-6-8-12(14)15/h6-8H,5,9-10,15H2,1-4H3. The molecule has 1 aromatic carbocycles. The average molecular weight is 249 g/mol. The van der Waals surface area contributed by atoms with Gasteiger partial charge in [0.2, 0.25) is 5.91 Å². The highest BCUT2D eigenvalue weighted by atomic mass is 16.2. The van der Waals surface area contributed by atoms with Gasteiger partial charge in [0, 0.05) is 20.6 Å². The van der Waals surface area contributed by atoms with Crippen molar-refractivity contribution in [3.63, 3.8) is 0 Å². The molecule has 0 unspecified atom stereocenters. The first-order valence-corrected chi connectivity index (χ1v) is 6.27. The van der Waals surface area contributed by atoms with Gasteiger partial charge in [-0.2, -0.15) is 0 Å². The lowest BCUT2D eigenvalue weighted by Crippen LogP contribution is -2.37. The molecule has 0 fully saturated rings. The number of amides is 1. The summed E-state index contributed by atoms with van der Waals surface area (Å²) in [6.07, 6.45) is 0.981. The van der Waals surface area contributed by atoms with E-state index in [0.717, 1.165) is 29.9 Å². The zero-order valence-corrected chi connectivity index (χ0v) is 11.7. The van der Waals surface area contributed by atoms with Crippen LogP contribution in [0.1, 0.15) is 18.9 Å². The van der Waals surface area contributed by atoms with Crippen LogP contribution in [-0.4, -0.2) is 38.0 Å². The Morgan fingerprint density at radius 3 is 2.50 bits per heavy atom. The van der Waals surface area contributed by atoms with Gasteiger partial charge < -0.3 is 15.5 Å². The van der Waals surface area contributed by atoms with Crippen molar-refractivity contribution in [3.05, 3.63) is 23.8 Å². The lowest BCUT2D eigenvalue weighted by Gasteiger charge is -2.28. The molecule has 1 aromatic rings. The summed E-state index contributed by atoms with van der Waals surface area (Å²) in [6, 6.07) is 5.84. The van der Waals surface area contributed by atoms with Crippen LogP contribution in [0.5, 0.6) is 0 Å². The van der Waals surface area contributed by atoms with Gasteiger partial charge in [-0.25, -0.2) is 0 Å². The highest BCUT2D eigenvalue weighted by Gasteiger charge is 2.16. The number of benzene rings is 1. The average Bonchev–Trinajstić information content (AvgIpc) is 2.28. The summed E-state index contributed by atoms with van der Waals surface area (Å²) in [5.41, 5.74) is 8.86. The molecule has 0 spiro atoms. The molecule has 0 bridgehead atoms. The van der Waals surface area contributed by atoms with Crippen molar-refractivity contribution in [1.82, 2.24) is 4.90 Å². The van der Waals surface area contributed by atoms with Gasteiger partial charge in [-0.1, -0.05) is 19.1 Å². The second kappa shape index (κ2) is 6.28. The molecule has 4 nitrogen and oxygen atoms in total. The van der Waals surface area contributed by atoms with Crippen LogP contribution >= 0.6 is 0 Å². The van der Waals surface area contributed by atoms with Gasteiger partial charge in [-0.15, -0.1) is 0 Å². The summed E-state index contributed by atoms with van der Waals surface area (Å²) in [7, 11) is 3.54. The number of carbonyl (C=O) groups is 1. The van der Waals surface area contributed by atoms with Crippen molar-refractivity contribution < 1.29 is 4.79 Å². The lowest BCUT2D eigenvalue weighted by atomic mass is 10.1. The van der Waals surface area contributed by atoms with E-state index in [1.807, 2.05) is 25.1 Å². The van der Waals surface area contributed by atoms with E-state index in [2.05, 4.69) is 11.8 Å². The predicted molar refractivity (Wildman–Crippen MR) is 76.8 cm³/mol.